The lowest BCUT2D eigenvalue weighted by Crippen LogP contribution is -2.54. The molecule has 0 unspecified atom stereocenters. The average Bonchev–Trinajstić information content (AvgIpc) is 2.85. The van der Waals surface area contributed by atoms with Crippen LogP contribution in [0.4, 0.5) is 0 Å². The van der Waals surface area contributed by atoms with Crippen molar-refractivity contribution in [2.45, 2.75) is 70.8 Å². The lowest BCUT2D eigenvalue weighted by molar-refractivity contribution is -0.143. The van der Waals surface area contributed by atoms with E-state index >= 15 is 0 Å². The van der Waals surface area contributed by atoms with Crippen LogP contribution in [0.2, 0.25) is 0 Å². The SMILES string of the molecule is CCc1cc(=O)oc2c(C)c(OCC(=O)NCCCC(=O)N3CC[C@@]4(O)CCCC[C@@H]4C3)ccc12. The number of hydrogen-bond donors (Lipinski definition) is 2. The fourth-order valence-electron chi connectivity index (χ4n) is 5.47. The molecule has 2 aromatic rings. The van der Waals surface area contributed by atoms with Crippen LogP contribution >= 0.6 is 0 Å². The molecule has 2 fully saturated rings. The summed E-state index contributed by atoms with van der Waals surface area (Å²) in [4.78, 5) is 38.6. The van der Waals surface area contributed by atoms with Gasteiger partial charge in [0.15, 0.2) is 6.61 Å². The molecule has 1 aliphatic heterocycles. The summed E-state index contributed by atoms with van der Waals surface area (Å²) in [5.41, 5.74) is 1.09. The van der Waals surface area contributed by atoms with Crippen molar-refractivity contribution in [2.24, 2.45) is 5.92 Å². The quantitative estimate of drug-likeness (QED) is 0.440. The van der Waals surface area contributed by atoms with E-state index in [-0.39, 0.29) is 24.3 Å². The Morgan fingerprint density at radius 2 is 2.11 bits per heavy atom. The molecule has 2 aliphatic rings. The number of piperidine rings is 1. The second-order valence-corrected chi connectivity index (χ2v) is 9.89. The van der Waals surface area contributed by atoms with Gasteiger partial charge in [0.05, 0.1) is 5.60 Å². The van der Waals surface area contributed by atoms with E-state index in [1.165, 1.54) is 6.07 Å². The number of hydrogen-bond acceptors (Lipinski definition) is 6. The Balaban J connectivity index is 1.21. The molecular formula is C27H36N2O6. The number of ether oxygens (including phenoxy) is 1. The monoisotopic (exact) mass is 484 g/mol. The summed E-state index contributed by atoms with van der Waals surface area (Å²) in [5.74, 6) is 0.492. The molecule has 2 amide bonds. The zero-order valence-corrected chi connectivity index (χ0v) is 20.7. The van der Waals surface area contributed by atoms with Crippen molar-refractivity contribution in [1.29, 1.82) is 0 Å². The van der Waals surface area contributed by atoms with Crippen LogP contribution in [0.1, 0.15) is 63.0 Å². The molecule has 8 nitrogen and oxygen atoms in total. The number of aliphatic hydroxyl groups is 1. The van der Waals surface area contributed by atoms with Gasteiger partial charge in [0.25, 0.3) is 5.91 Å². The summed E-state index contributed by atoms with van der Waals surface area (Å²) in [6.45, 7) is 5.26. The molecule has 2 heterocycles. The number of likely N-dealkylation sites (tertiary alicyclic amines) is 1. The van der Waals surface area contributed by atoms with Gasteiger partial charge in [-0.15, -0.1) is 0 Å². The minimum Gasteiger partial charge on any atom is -0.483 e. The number of carbonyl (C=O) groups excluding carboxylic acids is 2. The number of rotatable bonds is 8. The average molecular weight is 485 g/mol. The third kappa shape index (κ3) is 5.69. The molecule has 35 heavy (non-hydrogen) atoms. The highest BCUT2D eigenvalue weighted by molar-refractivity contribution is 5.85. The van der Waals surface area contributed by atoms with E-state index in [1.807, 2.05) is 17.9 Å². The smallest absolute Gasteiger partial charge is 0.336 e. The lowest BCUT2D eigenvalue weighted by Gasteiger charge is -2.47. The summed E-state index contributed by atoms with van der Waals surface area (Å²) >= 11 is 0. The molecule has 1 aliphatic carbocycles. The van der Waals surface area contributed by atoms with Crippen LogP contribution in [0.25, 0.3) is 11.0 Å². The Morgan fingerprint density at radius 1 is 1.29 bits per heavy atom. The van der Waals surface area contributed by atoms with E-state index in [2.05, 4.69) is 5.32 Å². The van der Waals surface area contributed by atoms with Gasteiger partial charge in [0, 0.05) is 49.0 Å². The highest BCUT2D eigenvalue weighted by atomic mass is 16.5. The zero-order chi connectivity index (χ0) is 25.0. The van der Waals surface area contributed by atoms with Crippen molar-refractivity contribution >= 4 is 22.8 Å². The molecule has 0 spiro atoms. The fraction of sp³-hybridized carbons (Fsp3) is 0.593. The van der Waals surface area contributed by atoms with Crippen LogP contribution in [0.3, 0.4) is 0 Å². The van der Waals surface area contributed by atoms with Crippen molar-refractivity contribution in [3.8, 4) is 5.75 Å². The molecular weight excluding hydrogens is 448 g/mol. The van der Waals surface area contributed by atoms with E-state index in [9.17, 15) is 19.5 Å². The Morgan fingerprint density at radius 3 is 2.91 bits per heavy atom. The molecule has 1 aromatic carbocycles. The van der Waals surface area contributed by atoms with Gasteiger partial charge in [-0.1, -0.05) is 19.8 Å². The van der Waals surface area contributed by atoms with Gasteiger partial charge < -0.3 is 24.5 Å². The zero-order valence-electron chi connectivity index (χ0n) is 20.7. The van der Waals surface area contributed by atoms with E-state index < -0.39 is 11.2 Å². The molecule has 0 radical (unpaired) electrons. The number of nitrogens with zero attached hydrogens (tertiary/aromatic N) is 1. The van der Waals surface area contributed by atoms with Crippen LogP contribution in [-0.2, 0) is 16.0 Å². The molecule has 190 valence electrons. The maximum atomic E-state index is 12.6. The first-order valence-electron chi connectivity index (χ1n) is 12.8. The van der Waals surface area contributed by atoms with Gasteiger partial charge in [-0.3, -0.25) is 9.59 Å². The van der Waals surface area contributed by atoms with Gasteiger partial charge in [-0.25, -0.2) is 4.79 Å². The van der Waals surface area contributed by atoms with E-state index in [1.54, 1.807) is 13.0 Å². The first kappa shape index (κ1) is 25.2. The number of nitrogens with one attached hydrogen (secondary N) is 1. The minimum absolute atomic E-state index is 0.0860. The standard InChI is InChI=1S/C27H36N2O6/c1-3-19-15-25(32)35-26-18(2)22(10-9-21(19)26)34-17-23(30)28-13-6-8-24(31)29-14-12-27(33)11-5-4-7-20(27)16-29/h9-10,15,20,33H,3-8,11-14,16-17H2,1-2H3,(H,28,30)/t20-,27+/m1/s1. The highest BCUT2D eigenvalue weighted by Gasteiger charge is 2.43. The van der Waals surface area contributed by atoms with Gasteiger partial charge >= 0.3 is 5.63 Å². The number of amides is 2. The van der Waals surface area contributed by atoms with Gasteiger partial charge in [0.2, 0.25) is 5.91 Å². The largest absolute Gasteiger partial charge is 0.483 e. The van der Waals surface area contributed by atoms with Crippen LogP contribution in [0.5, 0.6) is 5.75 Å². The summed E-state index contributed by atoms with van der Waals surface area (Å²) in [6, 6.07) is 5.13. The summed E-state index contributed by atoms with van der Waals surface area (Å²) < 4.78 is 11.1. The highest BCUT2D eigenvalue weighted by Crippen LogP contribution is 2.39. The molecule has 2 atom stereocenters. The third-order valence-electron chi connectivity index (χ3n) is 7.61. The first-order valence-corrected chi connectivity index (χ1v) is 12.8. The van der Waals surface area contributed by atoms with Crippen LogP contribution in [0, 0.1) is 12.8 Å². The van der Waals surface area contributed by atoms with E-state index in [0.717, 1.165) is 36.6 Å². The van der Waals surface area contributed by atoms with Crippen molar-refractivity contribution < 1.29 is 23.8 Å². The van der Waals surface area contributed by atoms with Crippen molar-refractivity contribution in [1.82, 2.24) is 10.2 Å². The van der Waals surface area contributed by atoms with E-state index in [4.69, 9.17) is 9.15 Å². The van der Waals surface area contributed by atoms with Crippen molar-refractivity contribution in [2.75, 3.05) is 26.2 Å². The molecule has 1 aromatic heterocycles. The normalized spacial score (nSPS) is 22.0. The molecule has 0 bridgehead atoms. The molecule has 8 heteroatoms. The number of benzene rings is 1. The second kappa shape index (κ2) is 10.8. The molecule has 4 rings (SSSR count). The Bertz CT molecular complexity index is 1140. The van der Waals surface area contributed by atoms with Gasteiger partial charge in [0.1, 0.15) is 11.3 Å². The lowest BCUT2D eigenvalue weighted by atomic mass is 9.71. The summed E-state index contributed by atoms with van der Waals surface area (Å²) in [5, 5.41) is 14.5. The Kier molecular flexibility index (Phi) is 7.79. The third-order valence-corrected chi connectivity index (χ3v) is 7.61. The predicted molar refractivity (Wildman–Crippen MR) is 132 cm³/mol. The van der Waals surface area contributed by atoms with Crippen LogP contribution < -0.4 is 15.7 Å². The molecule has 1 saturated carbocycles. The molecule has 1 saturated heterocycles. The van der Waals surface area contributed by atoms with Crippen LogP contribution in [-0.4, -0.2) is 53.7 Å². The Hall–Kier alpha value is -2.87. The Labute approximate surface area is 205 Å². The number of carbonyl (C=O) groups is 2. The van der Waals surface area contributed by atoms with Crippen molar-refractivity contribution in [3.63, 3.8) is 0 Å². The molecule has 2 N–H and O–H groups in total. The number of aryl methyl sites for hydroxylation is 2. The fourth-order valence-corrected chi connectivity index (χ4v) is 5.47. The topological polar surface area (TPSA) is 109 Å². The summed E-state index contributed by atoms with van der Waals surface area (Å²) in [6.07, 6.45) is 6.32. The van der Waals surface area contributed by atoms with E-state index in [0.29, 0.717) is 62.2 Å². The minimum atomic E-state index is -0.587. The van der Waals surface area contributed by atoms with Crippen LogP contribution in [0.15, 0.2) is 27.4 Å². The second-order valence-electron chi connectivity index (χ2n) is 9.89. The van der Waals surface area contributed by atoms with Gasteiger partial charge in [-0.2, -0.15) is 0 Å². The first-order chi connectivity index (χ1) is 16.8. The van der Waals surface area contributed by atoms with Gasteiger partial charge in [-0.05, 0) is 56.7 Å². The predicted octanol–water partition coefficient (Wildman–Crippen LogP) is 3.09. The summed E-state index contributed by atoms with van der Waals surface area (Å²) in [7, 11) is 0. The number of fused-ring (bicyclic) bond motifs is 2. The maximum absolute atomic E-state index is 12.6. The maximum Gasteiger partial charge on any atom is 0.336 e. The van der Waals surface area contributed by atoms with Crippen molar-refractivity contribution in [3.05, 3.63) is 39.7 Å².